The number of nitrogens with one attached hydrogen (secondary N) is 1. The Kier molecular flexibility index (Phi) is 4.84. The third kappa shape index (κ3) is 3.87. The molecule has 1 heterocycles. The van der Waals surface area contributed by atoms with Crippen molar-refractivity contribution in [3.05, 3.63) is 28.8 Å². The first-order chi connectivity index (χ1) is 9.56. The number of likely N-dealkylation sites (tertiary alicyclic amines) is 1. The number of carbonyl (C=O) groups excluding carboxylic acids is 1. The molecule has 0 saturated carbocycles. The highest BCUT2D eigenvalue weighted by Gasteiger charge is 2.16. The highest BCUT2D eigenvalue weighted by molar-refractivity contribution is 6.30. The van der Waals surface area contributed by atoms with Crippen LogP contribution in [0.2, 0.25) is 5.02 Å². The van der Waals surface area contributed by atoms with Gasteiger partial charge in [-0.15, -0.1) is 0 Å². The predicted molar refractivity (Wildman–Crippen MR) is 81.4 cm³/mol. The van der Waals surface area contributed by atoms with Gasteiger partial charge in [-0.2, -0.15) is 0 Å². The number of rotatable bonds is 1. The molecule has 2 rings (SSSR count). The fourth-order valence-electron chi connectivity index (χ4n) is 2.19. The van der Waals surface area contributed by atoms with Crippen LogP contribution in [0.5, 0.6) is 0 Å². The van der Waals surface area contributed by atoms with E-state index < -0.39 is 0 Å². The molecule has 6 heteroatoms. The van der Waals surface area contributed by atoms with Gasteiger partial charge in [0.05, 0.1) is 5.69 Å². The summed E-state index contributed by atoms with van der Waals surface area (Å²) < 4.78 is 0. The van der Waals surface area contributed by atoms with Crippen molar-refractivity contribution < 1.29 is 4.79 Å². The Bertz CT molecular complexity index is 524. The summed E-state index contributed by atoms with van der Waals surface area (Å²) in [5.74, 6) is 0.103. The summed E-state index contributed by atoms with van der Waals surface area (Å²) in [6.45, 7) is 3.45. The van der Waals surface area contributed by atoms with Crippen LogP contribution >= 0.6 is 11.6 Å². The number of benzene rings is 1. The molecule has 108 valence electrons. The summed E-state index contributed by atoms with van der Waals surface area (Å²) in [6.07, 6.45) is 3.26. The molecule has 1 aliphatic rings. The van der Waals surface area contributed by atoms with Crippen molar-refractivity contribution in [2.45, 2.75) is 26.2 Å². The van der Waals surface area contributed by atoms with E-state index in [-0.39, 0.29) is 12.0 Å². The van der Waals surface area contributed by atoms with Gasteiger partial charge in [0.1, 0.15) is 0 Å². The molecule has 1 aromatic carbocycles. The molecule has 0 atom stereocenters. The monoisotopic (exact) mass is 294 g/mol. The molecular weight excluding hydrogens is 276 g/mol. The molecule has 1 fully saturated rings. The SMILES string of the molecule is Cc1cc(Cl)ccc1N=C(N)NC(=O)N1CCCCC1. The van der Waals surface area contributed by atoms with Gasteiger partial charge < -0.3 is 10.6 Å². The van der Waals surface area contributed by atoms with E-state index in [2.05, 4.69) is 10.3 Å². The lowest BCUT2D eigenvalue weighted by molar-refractivity contribution is 0.191. The van der Waals surface area contributed by atoms with Crippen LogP contribution < -0.4 is 11.1 Å². The van der Waals surface area contributed by atoms with Crippen LogP contribution in [-0.2, 0) is 0 Å². The third-order valence-corrected chi connectivity index (χ3v) is 3.51. The average molecular weight is 295 g/mol. The van der Waals surface area contributed by atoms with Gasteiger partial charge in [0.15, 0.2) is 0 Å². The molecule has 3 N–H and O–H groups in total. The summed E-state index contributed by atoms with van der Waals surface area (Å²) in [4.78, 5) is 17.9. The summed E-state index contributed by atoms with van der Waals surface area (Å²) in [7, 11) is 0. The van der Waals surface area contributed by atoms with Crippen LogP contribution in [0.15, 0.2) is 23.2 Å². The Morgan fingerprint density at radius 2 is 2.05 bits per heavy atom. The quantitative estimate of drug-likeness (QED) is 0.617. The van der Waals surface area contributed by atoms with E-state index >= 15 is 0 Å². The fourth-order valence-corrected chi connectivity index (χ4v) is 2.41. The highest BCUT2D eigenvalue weighted by atomic mass is 35.5. The van der Waals surface area contributed by atoms with E-state index in [9.17, 15) is 4.79 Å². The lowest BCUT2D eigenvalue weighted by Crippen LogP contribution is -2.47. The van der Waals surface area contributed by atoms with E-state index in [1.165, 1.54) is 6.42 Å². The number of piperidine rings is 1. The highest BCUT2D eigenvalue weighted by Crippen LogP contribution is 2.22. The molecule has 1 saturated heterocycles. The van der Waals surface area contributed by atoms with Gasteiger partial charge >= 0.3 is 6.03 Å². The van der Waals surface area contributed by atoms with Gasteiger partial charge in [0.2, 0.25) is 5.96 Å². The van der Waals surface area contributed by atoms with Crippen LogP contribution in [0, 0.1) is 6.92 Å². The summed E-state index contributed by atoms with van der Waals surface area (Å²) in [5, 5.41) is 3.27. The Balaban J connectivity index is 2.01. The molecule has 0 spiro atoms. The van der Waals surface area contributed by atoms with Crippen molar-refractivity contribution >= 4 is 29.3 Å². The van der Waals surface area contributed by atoms with Gasteiger partial charge in [0.25, 0.3) is 0 Å². The molecule has 20 heavy (non-hydrogen) atoms. The number of guanidine groups is 1. The van der Waals surface area contributed by atoms with Crippen LogP contribution in [-0.4, -0.2) is 30.0 Å². The average Bonchev–Trinajstić information content (AvgIpc) is 2.43. The van der Waals surface area contributed by atoms with Crippen molar-refractivity contribution in [1.82, 2.24) is 10.2 Å². The van der Waals surface area contributed by atoms with Gasteiger partial charge in [-0.1, -0.05) is 11.6 Å². The molecule has 5 nitrogen and oxygen atoms in total. The number of amides is 2. The molecule has 0 unspecified atom stereocenters. The maximum atomic E-state index is 12.0. The van der Waals surface area contributed by atoms with E-state index in [0.29, 0.717) is 10.7 Å². The smallest absolute Gasteiger partial charge is 0.324 e. The number of urea groups is 1. The number of nitrogens with zero attached hydrogens (tertiary/aromatic N) is 2. The van der Waals surface area contributed by atoms with E-state index in [4.69, 9.17) is 17.3 Å². The van der Waals surface area contributed by atoms with Crippen LogP contribution in [0.3, 0.4) is 0 Å². The number of aliphatic imine (C=N–C) groups is 1. The Labute approximate surface area is 123 Å². The van der Waals surface area contributed by atoms with Crippen molar-refractivity contribution in [3.63, 3.8) is 0 Å². The van der Waals surface area contributed by atoms with E-state index in [0.717, 1.165) is 31.5 Å². The van der Waals surface area contributed by atoms with Gasteiger partial charge in [-0.25, -0.2) is 9.79 Å². The summed E-state index contributed by atoms with van der Waals surface area (Å²) >= 11 is 5.88. The van der Waals surface area contributed by atoms with Crippen molar-refractivity contribution in [3.8, 4) is 0 Å². The van der Waals surface area contributed by atoms with Crippen molar-refractivity contribution in [2.24, 2.45) is 10.7 Å². The van der Waals surface area contributed by atoms with E-state index in [1.54, 1.807) is 23.1 Å². The van der Waals surface area contributed by atoms with E-state index in [1.807, 2.05) is 6.92 Å². The number of hydrogen-bond donors (Lipinski definition) is 2. The maximum absolute atomic E-state index is 12.0. The Morgan fingerprint density at radius 3 is 2.70 bits per heavy atom. The summed E-state index contributed by atoms with van der Waals surface area (Å²) in [5.41, 5.74) is 7.39. The molecule has 0 aromatic heterocycles. The number of carbonyl (C=O) groups is 1. The zero-order chi connectivity index (χ0) is 14.5. The fraction of sp³-hybridized carbons (Fsp3) is 0.429. The topological polar surface area (TPSA) is 70.7 Å². The van der Waals surface area contributed by atoms with Crippen LogP contribution in [0.1, 0.15) is 24.8 Å². The number of nitrogens with two attached hydrogens (primary N) is 1. The van der Waals surface area contributed by atoms with Gasteiger partial charge in [-0.3, -0.25) is 5.32 Å². The lowest BCUT2D eigenvalue weighted by Gasteiger charge is -2.26. The first-order valence-corrected chi connectivity index (χ1v) is 7.10. The molecule has 2 amide bonds. The van der Waals surface area contributed by atoms with Crippen LogP contribution in [0.25, 0.3) is 0 Å². The first-order valence-electron chi connectivity index (χ1n) is 6.72. The number of halogens is 1. The standard InChI is InChI=1S/C14H19ClN4O/c1-10-9-11(15)5-6-12(10)17-13(16)18-14(20)19-7-3-2-4-8-19/h5-6,9H,2-4,7-8H2,1H3,(H3,16,17,18,20). The predicted octanol–water partition coefficient (Wildman–Crippen LogP) is 2.79. The zero-order valence-electron chi connectivity index (χ0n) is 11.5. The second-order valence-corrected chi connectivity index (χ2v) is 5.34. The minimum Gasteiger partial charge on any atom is -0.369 e. The molecule has 1 aliphatic heterocycles. The lowest BCUT2D eigenvalue weighted by atomic mass is 10.1. The molecule has 1 aromatic rings. The number of hydrogen-bond acceptors (Lipinski definition) is 2. The second kappa shape index (κ2) is 6.61. The molecule has 0 aliphatic carbocycles. The van der Waals surface area contributed by atoms with Crippen molar-refractivity contribution in [2.75, 3.05) is 13.1 Å². The summed E-state index contributed by atoms with van der Waals surface area (Å²) in [6, 6.07) is 5.14. The van der Waals surface area contributed by atoms with Gasteiger partial charge in [-0.05, 0) is 49.9 Å². The zero-order valence-corrected chi connectivity index (χ0v) is 12.3. The molecule has 0 bridgehead atoms. The Morgan fingerprint density at radius 1 is 1.35 bits per heavy atom. The van der Waals surface area contributed by atoms with Crippen molar-refractivity contribution in [1.29, 1.82) is 0 Å². The van der Waals surface area contributed by atoms with Crippen LogP contribution in [0.4, 0.5) is 10.5 Å². The molecular formula is C14H19ClN4O. The number of aryl methyl sites for hydroxylation is 1. The molecule has 0 radical (unpaired) electrons. The largest absolute Gasteiger partial charge is 0.369 e. The van der Waals surface area contributed by atoms with Gasteiger partial charge in [0, 0.05) is 18.1 Å². The maximum Gasteiger partial charge on any atom is 0.324 e. The minimum absolute atomic E-state index is 0.103. The second-order valence-electron chi connectivity index (χ2n) is 4.91. The normalized spacial score (nSPS) is 16.1. The minimum atomic E-state index is -0.183. The first kappa shape index (κ1) is 14.7. The Hall–Kier alpha value is -1.75. The third-order valence-electron chi connectivity index (χ3n) is 3.28.